The molecule has 86 valence electrons. The van der Waals surface area contributed by atoms with Gasteiger partial charge in [-0.2, -0.15) is 0 Å². The number of benzene rings is 1. The van der Waals surface area contributed by atoms with Crippen LogP contribution in [0.15, 0.2) is 29.3 Å². The minimum Gasteiger partial charge on any atom is -0.497 e. The summed E-state index contributed by atoms with van der Waals surface area (Å²) in [6.07, 6.45) is 0.904. The molecule has 1 aliphatic heterocycles. The third-order valence-electron chi connectivity index (χ3n) is 2.78. The van der Waals surface area contributed by atoms with Crippen LogP contribution in [0.4, 0.5) is 0 Å². The van der Waals surface area contributed by atoms with Crippen molar-refractivity contribution in [2.75, 3.05) is 13.7 Å². The van der Waals surface area contributed by atoms with Crippen molar-refractivity contribution in [3.8, 4) is 5.75 Å². The smallest absolute Gasteiger partial charge is 0.189 e. The minimum atomic E-state index is -0.0569. The van der Waals surface area contributed by atoms with E-state index in [1.807, 2.05) is 12.1 Å². The average Bonchev–Trinajstić information content (AvgIpc) is 2.59. The second-order valence-corrected chi connectivity index (χ2v) is 4.41. The molecule has 0 saturated heterocycles. The lowest BCUT2D eigenvalue weighted by Crippen LogP contribution is -2.47. The molecule has 0 radical (unpaired) electrons. The number of ether oxygens (including phenoxy) is 1. The van der Waals surface area contributed by atoms with E-state index in [0.717, 1.165) is 18.7 Å². The molecule has 0 fully saturated rings. The van der Waals surface area contributed by atoms with Gasteiger partial charge in [0, 0.05) is 0 Å². The highest BCUT2D eigenvalue weighted by molar-refractivity contribution is 5.80. The lowest BCUT2D eigenvalue weighted by Gasteiger charge is -2.24. The number of methoxy groups -OCH3 is 1. The van der Waals surface area contributed by atoms with E-state index in [2.05, 4.69) is 29.4 Å². The molecule has 16 heavy (non-hydrogen) atoms. The fraction of sp³-hybridized carbons (Fsp3) is 0.417. The van der Waals surface area contributed by atoms with Crippen LogP contribution in [0.5, 0.6) is 5.75 Å². The summed E-state index contributed by atoms with van der Waals surface area (Å²) in [7, 11) is 1.67. The van der Waals surface area contributed by atoms with E-state index >= 15 is 0 Å². The topological polar surface area (TPSA) is 59.6 Å². The van der Waals surface area contributed by atoms with Crippen LogP contribution >= 0.6 is 0 Å². The zero-order chi connectivity index (χ0) is 11.6. The Morgan fingerprint density at radius 2 is 2.12 bits per heavy atom. The number of hydrogen-bond donors (Lipinski definition) is 2. The highest BCUT2D eigenvalue weighted by atomic mass is 16.5. The molecule has 1 atom stereocenters. The summed E-state index contributed by atoms with van der Waals surface area (Å²) in [5, 5.41) is 3.20. The van der Waals surface area contributed by atoms with Crippen LogP contribution < -0.4 is 15.8 Å². The van der Waals surface area contributed by atoms with Gasteiger partial charge in [0.1, 0.15) is 5.75 Å². The predicted octanol–water partition coefficient (Wildman–Crippen LogP) is 0.914. The highest BCUT2D eigenvalue weighted by Crippen LogP contribution is 2.19. The van der Waals surface area contributed by atoms with Crippen LogP contribution in [0.2, 0.25) is 0 Å². The number of guanidine groups is 1. The van der Waals surface area contributed by atoms with Crippen molar-refractivity contribution in [2.45, 2.75) is 18.9 Å². The first-order valence-electron chi connectivity index (χ1n) is 5.32. The van der Waals surface area contributed by atoms with Crippen LogP contribution in [-0.4, -0.2) is 25.2 Å². The first-order valence-corrected chi connectivity index (χ1v) is 5.32. The molecule has 2 rings (SSSR count). The van der Waals surface area contributed by atoms with Crippen molar-refractivity contribution < 1.29 is 4.74 Å². The molecule has 0 aromatic heterocycles. The molecule has 1 aromatic rings. The monoisotopic (exact) mass is 219 g/mol. The lowest BCUT2D eigenvalue weighted by atomic mass is 9.94. The molecule has 1 aliphatic rings. The van der Waals surface area contributed by atoms with Crippen LogP contribution in [0, 0.1) is 0 Å². The number of nitrogens with zero attached hydrogens (tertiary/aromatic N) is 1. The third kappa shape index (κ3) is 2.27. The minimum absolute atomic E-state index is 0.0569. The Balaban J connectivity index is 2.04. The summed E-state index contributed by atoms with van der Waals surface area (Å²) < 4.78 is 5.12. The maximum Gasteiger partial charge on any atom is 0.189 e. The zero-order valence-electron chi connectivity index (χ0n) is 9.66. The highest BCUT2D eigenvalue weighted by Gasteiger charge is 2.29. The first-order chi connectivity index (χ1) is 7.61. The van der Waals surface area contributed by atoms with Gasteiger partial charge in [-0.25, -0.2) is 0 Å². The summed E-state index contributed by atoms with van der Waals surface area (Å²) in [5.74, 6) is 1.42. The number of nitrogens with one attached hydrogen (secondary N) is 1. The Kier molecular flexibility index (Phi) is 2.73. The van der Waals surface area contributed by atoms with Crippen LogP contribution in [-0.2, 0) is 6.42 Å². The quantitative estimate of drug-likeness (QED) is 0.794. The Morgan fingerprint density at radius 1 is 1.44 bits per heavy atom. The predicted molar refractivity (Wildman–Crippen MR) is 64.7 cm³/mol. The van der Waals surface area contributed by atoms with Crippen molar-refractivity contribution in [3.63, 3.8) is 0 Å². The molecule has 4 nitrogen and oxygen atoms in total. The van der Waals surface area contributed by atoms with E-state index in [1.54, 1.807) is 7.11 Å². The fourth-order valence-electron chi connectivity index (χ4n) is 1.94. The standard InChI is InChI=1S/C12H17N3O/c1-12(8-14-11(13)15-12)7-9-3-5-10(16-2)6-4-9/h3-6H,7-8H2,1-2H3,(H3,13,14,15). The zero-order valence-corrected chi connectivity index (χ0v) is 9.66. The Bertz CT molecular complexity index is 399. The molecule has 1 heterocycles. The first kappa shape index (κ1) is 10.8. The molecule has 1 unspecified atom stereocenters. The molecular weight excluding hydrogens is 202 g/mol. The lowest BCUT2D eigenvalue weighted by molar-refractivity contribution is 0.414. The van der Waals surface area contributed by atoms with E-state index in [4.69, 9.17) is 10.5 Å². The van der Waals surface area contributed by atoms with Crippen molar-refractivity contribution in [1.29, 1.82) is 0 Å². The average molecular weight is 219 g/mol. The molecule has 0 aliphatic carbocycles. The van der Waals surface area contributed by atoms with E-state index in [-0.39, 0.29) is 5.54 Å². The Labute approximate surface area is 95.5 Å². The number of aliphatic imine (C=N–C) groups is 1. The molecule has 0 amide bonds. The molecule has 0 spiro atoms. The van der Waals surface area contributed by atoms with Gasteiger partial charge in [-0.1, -0.05) is 12.1 Å². The SMILES string of the molecule is COc1ccc(CC2(C)CN=C(N)N2)cc1. The van der Waals surface area contributed by atoms with Crippen LogP contribution in [0.25, 0.3) is 0 Å². The summed E-state index contributed by atoms with van der Waals surface area (Å²) >= 11 is 0. The summed E-state index contributed by atoms with van der Waals surface area (Å²) in [6.45, 7) is 2.85. The van der Waals surface area contributed by atoms with Gasteiger partial charge in [-0.3, -0.25) is 4.99 Å². The molecule has 3 N–H and O–H groups in total. The van der Waals surface area contributed by atoms with Crippen LogP contribution in [0.3, 0.4) is 0 Å². The molecule has 4 heteroatoms. The number of nitrogens with two attached hydrogens (primary N) is 1. The van der Waals surface area contributed by atoms with Gasteiger partial charge in [0.25, 0.3) is 0 Å². The number of hydrogen-bond acceptors (Lipinski definition) is 4. The second-order valence-electron chi connectivity index (χ2n) is 4.41. The molecule has 0 saturated carbocycles. The number of rotatable bonds is 3. The summed E-state index contributed by atoms with van der Waals surface area (Å²) in [4.78, 5) is 4.18. The largest absolute Gasteiger partial charge is 0.497 e. The van der Waals surface area contributed by atoms with E-state index < -0.39 is 0 Å². The maximum atomic E-state index is 5.63. The maximum absolute atomic E-state index is 5.63. The second kappa shape index (κ2) is 4.04. The summed E-state index contributed by atoms with van der Waals surface area (Å²) in [5.41, 5.74) is 6.82. The van der Waals surface area contributed by atoms with Gasteiger partial charge in [0.2, 0.25) is 0 Å². The Hall–Kier alpha value is -1.71. The molecule has 0 bridgehead atoms. The van der Waals surface area contributed by atoms with Crippen molar-refractivity contribution in [3.05, 3.63) is 29.8 Å². The van der Waals surface area contributed by atoms with Crippen molar-refractivity contribution in [2.24, 2.45) is 10.7 Å². The van der Waals surface area contributed by atoms with Gasteiger partial charge in [0.05, 0.1) is 19.2 Å². The van der Waals surface area contributed by atoms with Gasteiger partial charge < -0.3 is 15.8 Å². The van der Waals surface area contributed by atoms with Crippen LogP contribution in [0.1, 0.15) is 12.5 Å². The van der Waals surface area contributed by atoms with Gasteiger partial charge >= 0.3 is 0 Å². The third-order valence-corrected chi connectivity index (χ3v) is 2.78. The van der Waals surface area contributed by atoms with E-state index in [1.165, 1.54) is 5.56 Å². The fourth-order valence-corrected chi connectivity index (χ4v) is 1.94. The van der Waals surface area contributed by atoms with Gasteiger partial charge in [-0.15, -0.1) is 0 Å². The molecule has 1 aromatic carbocycles. The van der Waals surface area contributed by atoms with Gasteiger partial charge in [0.15, 0.2) is 5.96 Å². The normalized spacial score (nSPS) is 23.8. The van der Waals surface area contributed by atoms with E-state index in [9.17, 15) is 0 Å². The van der Waals surface area contributed by atoms with Crippen molar-refractivity contribution in [1.82, 2.24) is 5.32 Å². The van der Waals surface area contributed by atoms with Gasteiger partial charge in [-0.05, 0) is 31.0 Å². The van der Waals surface area contributed by atoms with Crippen molar-refractivity contribution >= 4 is 5.96 Å². The van der Waals surface area contributed by atoms with E-state index in [0.29, 0.717) is 5.96 Å². The Morgan fingerprint density at radius 3 is 2.62 bits per heavy atom. The summed E-state index contributed by atoms with van der Waals surface area (Å²) in [6, 6.07) is 8.08. The molecular formula is C12H17N3O.